The van der Waals surface area contributed by atoms with Crippen LogP contribution in [0, 0.1) is 5.92 Å². The molecule has 0 radical (unpaired) electrons. The van der Waals surface area contributed by atoms with Crippen LogP contribution in [0.3, 0.4) is 0 Å². The number of benzene rings is 1. The predicted octanol–water partition coefficient (Wildman–Crippen LogP) is 3.06. The highest BCUT2D eigenvalue weighted by atomic mass is 16.5. The first-order valence-electron chi connectivity index (χ1n) is 9.84. The molecule has 150 valence electrons. The Bertz CT molecular complexity index is 616. The Kier molecular flexibility index (Phi) is 8.10. The number of alkyl carbamates (subject to hydrolysis) is 1. The van der Waals surface area contributed by atoms with Gasteiger partial charge in [0.15, 0.2) is 0 Å². The second-order valence-electron chi connectivity index (χ2n) is 7.71. The number of methoxy groups -OCH3 is 1. The molecule has 0 bridgehead atoms. The average molecular weight is 376 g/mol. The minimum absolute atomic E-state index is 0.0296. The molecule has 0 saturated carbocycles. The van der Waals surface area contributed by atoms with Gasteiger partial charge in [0.25, 0.3) is 0 Å². The Morgan fingerprint density at radius 1 is 1.19 bits per heavy atom. The van der Waals surface area contributed by atoms with Crippen LogP contribution in [0.5, 0.6) is 0 Å². The molecule has 1 aliphatic heterocycles. The van der Waals surface area contributed by atoms with Crippen LogP contribution in [0.1, 0.15) is 51.2 Å². The molecule has 2 N–H and O–H groups in total. The zero-order valence-electron chi connectivity index (χ0n) is 17.0. The standard InChI is InChI=1S/C21H33N3O3/c1-15(2)19(23-21(26)27-4)20(25)22-13-17-8-10-18(11-9-17)14-24-12-6-5-7-16(24)3/h8-11,15-16,19H,5-7,12-14H2,1-4H3,(H,22,25)(H,23,26)/t16?,19-/m0/s1. The number of amides is 2. The number of likely N-dealkylation sites (tertiary alicyclic amines) is 1. The maximum Gasteiger partial charge on any atom is 0.407 e. The lowest BCUT2D eigenvalue weighted by molar-refractivity contribution is -0.124. The summed E-state index contributed by atoms with van der Waals surface area (Å²) >= 11 is 0. The van der Waals surface area contributed by atoms with E-state index in [1.165, 1.54) is 38.5 Å². The fourth-order valence-corrected chi connectivity index (χ4v) is 3.41. The topological polar surface area (TPSA) is 70.7 Å². The van der Waals surface area contributed by atoms with Crippen LogP contribution in [0.15, 0.2) is 24.3 Å². The molecule has 1 unspecified atom stereocenters. The summed E-state index contributed by atoms with van der Waals surface area (Å²) in [7, 11) is 1.29. The van der Waals surface area contributed by atoms with Crippen molar-refractivity contribution in [1.82, 2.24) is 15.5 Å². The van der Waals surface area contributed by atoms with Crippen molar-refractivity contribution in [1.29, 1.82) is 0 Å². The van der Waals surface area contributed by atoms with E-state index in [2.05, 4.69) is 51.5 Å². The van der Waals surface area contributed by atoms with Crippen molar-refractivity contribution >= 4 is 12.0 Å². The quantitative estimate of drug-likeness (QED) is 0.768. The lowest BCUT2D eigenvalue weighted by Gasteiger charge is -2.33. The number of carbonyl (C=O) groups is 2. The van der Waals surface area contributed by atoms with Gasteiger partial charge in [-0.2, -0.15) is 0 Å². The van der Waals surface area contributed by atoms with E-state index in [1.807, 2.05) is 13.8 Å². The fourth-order valence-electron chi connectivity index (χ4n) is 3.41. The molecule has 27 heavy (non-hydrogen) atoms. The van der Waals surface area contributed by atoms with E-state index in [0.717, 1.165) is 12.1 Å². The molecule has 2 rings (SSSR count). The van der Waals surface area contributed by atoms with Crippen molar-refractivity contribution in [3.05, 3.63) is 35.4 Å². The summed E-state index contributed by atoms with van der Waals surface area (Å²) < 4.78 is 4.59. The first-order chi connectivity index (χ1) is 12.9. The Morgan fingerprint density at radius 2 is 1.85 bits per heavy atom. The summed E-state index contributed by atoms with van der Waals surface area (Å²) in [6, 6.07) is 8.42. The number of hydrogen-bond donors (Lipinski definition) is 2. The van der Waals surface area contributed by atoms with Gasteiger partial charge >= 0.3 is 6.09 Å². The van der Waals surface area contributed by atoms with Gasteiger partial charge in [-0.3, -0.25) is 9.69 Å². The molecule has 0 spiro atoms. The van der Waals surface area contributed by atoms with Crippen LogP contribution >= 0.6 is 0 Å². The minimum atomic E-state index is -0.614. The van der Waals surface area contributed by atoms with Crippen LogP contribution in [-0.2, 0) is 22.6 Å². The Hall–Kier alpha value is -2.08. The fraction of sp³-hybridized carbons (Fsp3) is 0.619. The maximum atomic E-state index is 12.4. The Balaban J connectivity index is 1.86. The summed E-state index contributed by atoms with van der Waals surface area (Å²) in [6.45, 7) is 8.66. The maximum absolute atomic E-state index is 12.4. The molecule has 2 atom stereocenters. The molecule has 1 heterocycles. The molecule has 6 heteroatoms. The van der Waals surface area contributed by atoms with Crippen molar-refractivity contribution in [2.75, 3.05) is 13.7 Å². The highest BCUT2D eigenvalue weighted by molar-refractivity contribution is 5.85. The Labute approximate surface area is 162 Å². The Morgan fingerprint density at radius 3 is 2.44 bits per heavy atom. The molecule has 0 aliphatic carbocycles. The van der Waals surface area contributed by atoms with E-state index in [-0.39, 0.29) is 11.8 Å². The monoisotopic (exact) mass is 375 g/mol. The van der Waals surface area contributed by atoms with Crippen molar-refractivity contribution in [3.63, 3.8) is 0 Å². The normalized spacial score (nSPS) is 18.8. The van der Waals surface area contributed by atoms with E-state index in [9.17, 15) is 9.59 Å². The van der Waals surface area contributed by atoms with E-state index < -0.39 is 12.1 Å². The number of piperidine rings is 1. The summed E-state index contributed by atoms with van der Waals surface area (Å²) in [5.74, 6) is -0.236. The average Bonchev–Trinajstić information content (AvgIpc) is 2.66. The van der Waals surface area contributed by atoms with Crippen LogP contribution in [0.2, 0.25) is 0 Å². The van der Waals surface area contributed by atoms with E-state index in [0.29, 0.717) is 12.6 Å². The van der Waals surface area contributed by atoms with Gasteiger partial charge in [-0.05, 0) is 43.4 Å². The molecule has 1 saturated heterocycles. The third-order valence-corrected chi connectivity index (χ3v) is 5.22. The molecule has 1 fully saturated rings. The van der Waals surface area contributed by atoms with Crippen LogP contribution in [-0.4, -0.2) is 42.6 Å². The smallest absolute Gasteiger partial charge is 0.407 e. The minimum Gasteiger partial charge on any atom is -0.453 e. The largest absolute Gasteiger partial charge is 0.453 e. The highest BCUT2D eigenvalue weighted by Gasteiger charge is 2.24. The number of nitrogens with zero attached hydrogens (tertiary/aromatic N) is 1. The van der Waals surface area contributed by atoms with E-state index in [1.54, 1.807) is 0 Å². The highest BCUT2D eigenvalue weighted by Crippen LogP contribution is 2.19. The van der Waals surface area contributed by atoms with Crippen molar-refractivity contribution in [2.24, 2.45) is 5.92 Å². The number of hydrogen-bond acceptors (Lipinski definition) is 4. The van der Waals surface area contributed by atoms with E-state index >= 15 is 0 Å². The lowest BCUT2D eigenvalue weighted by Crippen LogP contribution is -2.49. The zero-order valence-corrected chi connectivity index (χ0v) is 17.0. The van der Waals surface area contributed by atoms with Gasteiger partial charge in [0.2, 0.25) is 5.91 Å². The van der Waals surface area contributed by atoms with Gasteiger partial charge in [-0.25, -0.2) is 4.79 Å². The second kappa shape index (κ2) is 10.3. The third-order valence-electron chi connectivity index (χ3n) is 5.22. The molecule has 1 aromatic rings. The molecule has 1 aromatic carbocycles. The van der Waals surface area contributed by atoms with Gasteiger partial charge in [-0.1, -0.05) is 44.5 Å². The molecule has 1 aliphatic rings. The third kappa shape index (κ3) is 6.54. The van der Waals surface area contributed by atoms with Crippen LogP contribution in [0.4, 0.5) is 4.79 Å². The van der Waals surface area contributed by atoms with Gasteiger partial charge in [0, 0.05) is 19.1 Å². The number of carbonyl (C=O) groups excluding carboxylic acids is 2. The molecule has 0 aromatic heterocycles. The van der Waals surface area contributed by atoms with Crippen LogP contribution < -0.4 is 10.6 Å². The summed E-state index contributed by atoms with van der Waals surface area (Å²) in [5.41, 5.74) is 2.34. The SMILES string of the molecule is COC(=O)N[C@H](C(=O)NCc1ccc(CN2CCCCC2C)cc1)C(C)C. The van der Waals surface area contributed by atoms with E-state index in [4.69, 9.17) is 0 Å². The molecular formula is C21H33N3O3. The van der Waals surface area contributed by atoms with Crippen molar-refractivity contribution in [2.45, 2.75) is 65.2 Å². The van der Waals surface area contributed by atoms with Gasteiger partial charge in [0.05, 0.1) is 7.11 Å². The summed E-state index contributed by atoms with van der Waals surface area (Å²) in [4.78, 5) is 26.3. The van der Waals surface area contributed by atoms with Gasteiger partial charge in [0.1, 0.15) is 6.04 Å². The van der Waals surface area contributed by atoms with Gasteiger partial charge < -0.3 is 15.4 Å². The zero-order chi connectivity index (χ0) is 19.8. The lowest BCUT2D eigenvalue weighted by atomic mass is 10.0. The predicted molar refractivity (Wildman–Crippen MR) is 106 cm³/mol. The number of rotatable bonds is 7. The number of nitrogens with one attached hydrogen (secondary N) is 2. The first kappa shape index (κ1) is 21.2. The van der Waals surface area contributed by atoms with Crippen molar-refractivity contribution in [3.8, 4) is 0 Å². The van der Waals surface area contributed by atoms with Gasteiger partial charge in [-0.15, -0.1) is 0 Å². The molecular weight excluding hydrogens is 342 g/mol. The second-order valence-corrected chi connectivity index (χ2v) is 7.71. The summed E-state index contributed by atoms with van der Waals surface area (Å²) in [6.07, 6.45) is 3.30. The molecule has 2 amide bonds. The van der Waals surface area contributed by atoms with Crippen molar-refractivity contribution < 1.29 is 14.3 Å². The molecule has 6 nitrogen and oxygen atoms in total. The number of ether oxygens (including phenoxy) is 1. The summed E-state index contributed by atoms with van der Waals surface area (Å²) in [5, 5.41) is 5.48. The van der Waals surface area contributed by atoms with Crippen LogP contribution in [0.25, 0.3) is 0 Å². The first-order valence-corrected chi connectivity index (χ1v) is 9.84.